The monoisotopic (exact) mass is 493 g/mol. The molecule has 0 aliphatic rings. The van der Waals surface area contributed by atoms with E-state index in [-0.39, 0.29) is 11.7 Å². The van der Waals surface area contributed by atoms with E-state index in [1.54, 1.807) is 18.6 Å². The van der Waals surface area contributed by atoms with Crippen molar-refractivity contribution in [3.8, 4) is 5.69 Å². The second-order valence-electron chi connectivity index (χ2n) is 7.82. The first kappa shape index (κ1) is 23.3. The standard InChI is InChI=1S/C27H23N7OS/c35-26(32-30-17-20-8-7-15-28-16-20)19-36-27-33-31-25(34(27)22-11-2-1-3-12-22)18-29-24-14-6-10-21-9-4-5-13-23(21)24/h1-17,29H,18-19H2,(H,32,35). The summed E-state index contributed by atoms with van der Waals surface area (Å²) in [7, 11) is 0. The molecule has 2 heterocycles. The highest BCUT2D eigenvalue weighted by Crippen LogP contribution is 2.25. The quantitative estimate of drug-likeness (QED) is 0.176. The van der Waals surface area contributed by atoms with Crippen LogP contribution >= 0.6 is 11.8 Å². The predicted octanol–water partition coefficient (Wildman–Crippen LogP) is 4.67. The number of rotatable bonds is 9. The van der Waals surface area contributed by atoms with Gasteiger partial charge in [0.1, 0.15) is 0 Å². The lowest BCUT2D eigenvalue weighted by Crippen LogP contribution is -2.20. The lowest BCUT2D eigenvalue weighted by Gasteiger charge is -2.12. The number of hydrogen-bond acceptors (Lipinski definition) is 7. The Balaban J connectivity index is 1.30. The van der Waals surface area contributed by atoms with E-state index in [1.807, 2.05) is 65.2 Å². The molecule has 0 unspecified atom stereocenters. The van der Waals surface area contributed by atoms with Crippen molar-refractivity contribution in [2.75, 3.05) is 11.1 Å². The highest BCUT2D eigenvalue weighted by molar-refractivity contribution is 7.99. The van der Waals surface area contributed by atoms with Crippen molar-refractivity contribution >= 4 is 40.3 Å². The molecule has 0 atom stereocenters. The third-order valence-electron chi connectivity index (χ3n) is 5.36. The van der Waals surface area contributed by atoms with Crippen molar-refractivity contribution in [2.45, 2.75) is 11.7 Å². The number of hydrazone groups is 1. The molecule has 0 fully saturated rings. The van der Waals surface area contributed by atoms with Gasteiger partial charge in [0, 0.05) is 34.7 Å². The summed E-state index contributed by atoms with van der Waals surface area (Å²) >= 11 is 1.30. The Morgan fingerprint density at radius 3 is 2.64 bits per heavy atom. The molecule has 0 spiro atoms. The Kier molecular flexibility index (Phi) is 7.29. The number of amides is 1. The molecule has 0 aliphatic heterocycles. The molecule has 0 radical (unpaired) electrons. The average molecular weight is 494 g/mol. The van der Waals surface area contributed by atoms with Crippen LogP contribution in [0.15, 0.2) is 108 Å². The van der Waals surface area contributed by atoms with Crippen molar-refractivity contribution in [1.82, 2.24) is 25.2 Å². The molecule has 8 nitrogen and oxygen atoms in total. The highest BCUT2D eigenvalue weighted by Gasteiger charge is 2.16. The van der Waals surface area contributed by atoms with Crippen molar-refractivity contribution in [2.24, 2.45) is 5.10 Å². The summed E-state index contributed by atoms with van der Waals surface area (Å²) in [5.41, 5.74) is 5.30. The van der Waals surface area contributed by atoms with Gasteiger partial charge in [0.05, 0.1) is 18.5 Å². The lowest BCUT2D eigenvalue weighted by atomic mass is 10.1. The van der Waals surface area contributed by atoms with Gasteiger partial charge in [-0.1, -0.05) is 72.4 Å². The maximum Gasteiger partial charge on any atom is 0.250 e. The van der Waals surface area contributed by atoms with Gasteiger partial charge in [-0.25, -0.2) is 5.43 Å². The summed E-state index contributed by atoms with van der Waals surface area (Å²) in [4.78, 5) is 16.4. The maximum atomic E-state index is 12.4. The number of para-hydroxylation sites is 1. The van der Waals surface area contributed by atoms with E-state index in [0.29, 0.717) is 11.7 Å². The second-order valence-corrected chi connectivity index (χ2v) is 8.76. The molecule has 3 aromatic carbocycles. The minimum atomic E-state index is -0.238. The first-order chi connectivity index (χ1) is 17.8. The zero-order valence-corrected chi connectivity index (χ0v) is 20.1. The number of fused-ring (bicyclic) bond motifs is 1. The van der Waals surface area contributed by atoms with Crippen LogP contribution in [0.1, 0.15) is 11.4 Å². The highest BCUT2D eigenvalue weighted by atomic mass is 32.2. The number of nitrogens with zero attached hydrogens (tertiary/aromatic N) is 5. The Morgan fingerprint density at radius 2 is 1.78 bits per heavy atom. The van der Waals surface area contributed by atoms with Crippen LogP contribution in [0.2, 0.25) is 0 Å². The second kappa shape index (κ2) is 11.3. The predicted molar refractivity (Wildman–Crippen MR) is 143 cm³/mol. The number of carbonyl (C=O) groups excluding carboxylic acids is 1. The molecule has 0 aliphatic carbocycles. The van der Waals surface area contributed by atoms with E-state index >= 15 is 0 Å². The van der Waals surface area contributed by atoms with Crippen molar-refractivity contribution in [3.63, 3.8) is 0 Å². The van der Waals surface area contributed by atoms with Crippen LogP contribution in [0.25, 0.3) is 16.5 Å². The van der Waals surface area contributed by atoms with Crippen LogP contribution in [0, 0.1) is 0 Å². The van der Waals surface area contributed by atoms with E-state index in [2.05, 4.69) is 55.3 Å². The normalized spacial score (nSPS) is 11.1. The molecule has 5 rings (SSSR count). The van der Waals surface area contributed by atoms with Gasteiger partial charge < -0.3 is 5.32 Å². The molecule has 36 heavy (non-hydrogen) atoms. The molecule has 2 N–H and O–H groups in total. The topological polar surface area (TPSA) is 97.1 Å². The van der Waals surface area contributed by atoms with Gasteiger partial charge in [-0.3, -0.25) is 14.3 Å². The molecule has 0 bridgehead atoms. The van der Waals surface area contributed by atoms with Crippen LogP contribution in [-0.4, -0.2) is 37.6 Å². The zero-order valence-electron chi connectivity index (χ0n) is 19.3. The van der Waals surface area contributed by atoms with Crippen LogP contribution < -0.4 is 10.7 Å². The Labute approximate surface area is 212 Å². The minimum absolute atomic E-state index is 0.145. The van der Waals surface area contributed by atoms with E-state index in [0.717, 1.165) is 28.1 Å². The molecule has 178 valence electrons. The number of nitrogens with one attached hydrogen (secondary N) is 2. The summed E-state index contributed by atoms with van der Waals surface area (Å²) in [6, 6.07) is 28.0. The van der Waals surface area contributed by atoms with Gasteiger partial charge in [0.15, 0.2) is 11.0 Å². The molecule has 9 heteroatoms. The number of pyridine rings is 1. The van der Waals surface area contributed by atoms with Crippen molar-refractivity contribution in [1.29, 1.82) is 0 Å². The smallest absolute Gasteiger partial charge is 0.250 e. The first-order valence-electron chi connectivity index (χ1n) is 11.3. The fraction of sp³-hybridized carbons (Fsp3) is 0.0741. The summed E-state index contributed by atoms with van der Waals surface area (Å²) in [5.74, 6) is 0.649. The Bertz CT molecular complexity index is 1480. The summed E-state index contributed by atoms with van der Waals surface area (Å²) < 4.78 is 1.97. The summed E-state index contributed by atoms with van der Waals surface area (Å²) in [6.07, 6.45) is 4.90. The molecule has 2 aromatic heterocycles. The van der Waals surface area contributed by atoms with Gasteiger partial charge in [0.2, 0.25) is 0 Å². The number of carbonyl (C=O) groups is 1. The number of anilines is 1. The Hall–Kier alpha value is -4.50. The van der Waals surface area contributed by atoms with E-state index in [1.165, 1.54) is 17.1 Å². The lowest BCUT2D eigenvalue weighted by molar-refractivity contribution is -0.118. The van der Waals surface area contributed by atoms with Crippen molar-refractivity contribution in [3.05, 3.63) is 109 Å². The molecular formula is C27H23N7OS. The number of benzene rings is 3. The van der Waals surface area contributed by atoms with Gasteiger partial charge in [-0.2, -0.15) is 5.10 Å². The van der Waals surface area contributed by atoms with Crippen LogP contribution in [-0.2, 0) is 11.3 Å². The molecule has 0 saturated carbocycles. The molecular weight excluding hydrogens is 470 g/mol. The third kappa shape index (κ3) is 5.59. The molecule has 0 saturated heterocycles. The summed E-state index contributed by atoms with van der Waals surface area (Å²) in [5, 5.41) is 19.2. The number of thioether (sulfide) groups is 1. The van der Waals surface area contributed by atoms with Gasteiger partial charge in [0.25, 0.3) is 5.91 Å². The zero-order chi connectivity index (χ0) is 24.6. The SMILES string of the molecule is O=C(CSc1nnc(CNc2cccc3ccccc23)n1-c1ccccc1)NN=Cc1cccnc1. The van der Waals surface area contributed by atoms with Crippen LogP contribution in [0.5, 0.6) is 0 Å². The molecule has 5 aromatic rings. The fourth-order valence-electron chi connectivity index (χ4n) is 3.69. The molecule has 1 amide bonds. The fourth-order valence-corrected chi connectivity index (χ4v) is 4.46. The Morgan fingerprint density at radius 1 is 0.944 bits per heavy atom. The van der Waals surface area contributed by atoms with Gasteiger partial charge in [-0.15, -0.1) is 10.2 Å². The van der Waals surface area contributed by atoms with Crippen LogP contribution in [0.3, 0.4) is 0 Å². The van der Waals surface area contributed by atoms with Crippen molar-refractivity contribution < 1.29 is 4.79 Å². The van der Waals surface area contributed by atoms with E-state index in [9.17, 15) is 4.79 Å². The first-order valence-corrected chi connectivity index (χ1v) is 12.3. The van der Waals surface area contributed by atoms with E-state index < -0.39 is 0 Å². The maximum absolute atomic E-state index is 12.4. The van der Waals surface area contributed by atoms with Gasteiger partial charge >= 0.3 is 0 Å². The van der Waals surface area contributed by atoms with Crippen LogP contribution in [0.4, 0.5) is 5.69 Å². The number of aromatic nitrogens is 4. The van der Waals surface area contributed by atoms with E-state index in [4.69, 9.17) is 0 Å². The average Bonchev–Trinajstić information content (AvgIpc) is 3.34. The third-order valence-corrected chi connectivity index (χ3v) is 6.29. The summed E-state index contributed by atoms with van der Waals surface area (Å²) in [6.45, 7) is 0.470. The largest absolute Gasteiger partial charge is 0.377 e. The number of hydrogen-bond donors (Lipinski definition) is 2. The van der Waals surface area contributed by atoms with Gasteiger partial charge in [-0.05, 0) is 29.7 Å². The minimum Gasteiger partial charge on any atom is -0.377 e.